The lowest BCUT2D eigenvalue weighted by Gasteiger charge is -2.30. The number of benzene rings is 1. The highest BCUT2D eigenvalue weighted by Gasteiger charge is 2.23. The molecule has 0 saturated carbocycles. The molecule has 1 aromatic carbocycles. The molecule has 0 aliphatic carbocycles. The van der Waals surface area contributed by atoms with Crippen LogP contribution in [0.25, 0.3) is 0 Å². The highest BCUT2D eigenvalue weighted by Crippen LogP contribution is 2.28. The van der Waals surface area contributed by atoms with Crippen molar-refractivity contribution < 1.29 is 14.7 Å². The molecule has 2 N–H and O–H groups in total. The number of nitrogens with one attached hydrogen (secondary N) is 1. The molecule has 5 heteroatoms. The fourth-order valence-electron chi connectivity index (χ4n) is 2.27. The molecule has 0 radical (unpaired) electrons. The molecule has 102 valence electrons. The van der Waals surface area contributed by atoms with Crippen molar-refractivity contribution in [2.45, 2.75) is 32.7 Å². The van der Waals surface area contributed by atoms with E-state index in [-0.39, 0.29) is 17.6 Å². The maximum Gasteiger partial charge on any atom is 0.335 e. The van der Waals surface area contributed by atoms with E-state index in [1.165, 1.54) is 0 Å². The molecule has 0 fully saturated rings. The highest BCUT2D eigenvalue weighted by atomic mass is 16.4. The zero-order valence-corrected chi connectivity index (χ0v) is 11.1. The van der Waals surface area contributed by atoms with E-state index >= 15 is 0 Å². The molecule has 1 aliphatic heterocycles. The smallest absolute Gasteiger partial charge is 0.335 e. The Hall–Kier alpha value is -2.04. The molecule has 0 atom stereocenters. The van der Waals surface area contributed by atoms with Gasteiger partial charge in [0.25, 0.3) is 0 Å². The number of amides is 2. The van der Waals surface area contributed by atoms with E-state index in [0.717, 1.165) is 24.1 Å². The molecule has 0 spiro atoms. The number of carbonyl (C=O) groups excluding carboxylic acids is 1. The lowest BCUT2D eigenvalue weighted by atomic mass is 9.99. The normalized spacial score (nSPS) is 14.2. The number of carboxylic acids is 1. The predicted molar refractivity (Wildman–Crippen MR) is 72.7 cm³/mol. The number of nitrogens with zero attached hydrogens (tertiary/aromatic N) is 1. The first kappa shape index (κ1) is 13.4. The topological polar surface area (TPSA) is 69.6 Å². The van der Waals surface area contributed by atoms with Gasteiger partial charge < -0.3 is 10.4 Å². The molecule has 2 amide bonds. The Morgan fingerprint density at radius 2 is 2.11 bits per heavy atom. The molecular formula is C14H18N2O3. The monoisotopic (exact) mass is 262 g/mol. The largest absolute Gasteiger partial charge is 0.478 e. The first-order valence-corrected chi connectivity index (χ1v) is 6.43. The molecule has 1 heterocycles. The van der Waals surface area contributed by atoms with E-state index in [9.17, 15) is 9.59 Å². The Labute approximate surface area is 112 Å². The first-order valence-electron chi connectivity index (χ1n) is 6.43. The van der Waals surface area contributed by atoms with Gasteiger partial charge in [-0.15, -0.1) is 0 Å². The van der Waals surface area contributed by atoms with Crippen molar-refractivity contribution in [2.24, 2.45) is 0 Å². The molecule has 0 unspecified atom stereocenters. The third-order valence-corrected chi connectivity index (χ3v) is 3.10. The van der Waals surface area contributed by atoms with Crippen LogP contribution in [0.4, 0.5) is 10.5 Å². The molecule has 0 bridgehead atoms. The summed E-state index contributed by atoms with van der Waals surface area (Å²) in [5, 5.41) is 11.8. The molecule has 0 aromatic heterocycles. The average molecular weight is 262 g/mol. The van der Waals surface area contributed by atoms with Crippen molar-refractivity contribution in [2.75, 3.05) is 11.4 Å². The third-order valence-electron chi connectivity index (χ3n) is 3.10. The maximum absolute atomic E-state index is 12.1. The number of fused-ring (bicyclic) bond motifs is 1. The number of carboxylic acid groups (broad SMARTS) is 1. The van der Waals surface area contributed by atoms with Gasteiger partial charge in [0.1, 0.15) is 0 Å². The summed E-state index contributed by atoms with van der Waals surface area (Å²) in [5.41, 5.74) is 2.00. The summed E-state index contributed by atoms with van der Waals surface area (Å²) < 4.78 is 0. The predicted octanol–water partition coefficient (Wildman–Crippen LogP) is 2.26. The van der Waals surface area contributed by atoms with Crippen molar-refractivity contribution in [3.63, 3.8) is 0 Å². The summed E-state index contributed by atoms with van der Waals surface area (Å²) in [5.74, 6) is -0.938. The number of urea groups is 1. The van der Waals surface area contributed by atoms with Crippen molar-refractivity contribution in [3.8, 4) is 0 Å². The van der Waals surface area contributed by atoms with Gasteiger partial charge in [-0.2, -0.15) is 0 Å². The van der Waals surface area contributed by atoms with Crippen molar-refractivity contribution in [1.82, 2.24) is 5.32 Å². The zero-order valence-electron chi connectivity index (χ0n) is 11.1. The molecular weight excluding hydrogens is 244 g/mol. The number of hydrogen-bond donors (Lipinski definition) is 2. The minimum Gasteiger partial charge on any atom is -0.478 e. The molecule has 0 saturated heterocycles. The number of anilines is 1. The number of hydrogen-bond acceptors (Lipinski definition) is 2. The summed E-state index contributed by atoms with van der Waals surface area (Å²) in [6.07, 6.45) is 1.66. The summed E-state index contributed by atoms with van der Waals surface area (Å²) in [4.78, 5) is 24.7. The van der Waals surface area contributed by atoms with Gasteiger partial charge in [-0.25, -0.2) is 9.59 Å². The highest BCUT2D eigenvalue weighted by molar-refractivity contribution is 5.95. The fourth-order valence-corrected chi connectivity index (χ4v) is 2.27. The van der Waals surface area contributed by atoms with Crippen LogP contribution in [0, 0.1) is 0 Å². The van der Waals surface area contributed by atoms with Gasteiger partial charge in [-0.3, -0.25) is 4.90 Å². The number of carbonyl (C=O) groups is 2. The van der Waals surface area contributed by atoms with Gasteiger partial charge in [0.15, 0.2) is 0 Å². The van der Waals surface area contributed by atoms with Crippen LogP contribution in [0.2, 0.25) is 0 Å². The first-order chi connectivity index (χ1) is 8.99. The Bertz CT molecular complexity index is 511. The van der Waals surface area contributed by atoms with Crippen LogP contribution in [0.15, 0.2) is 18.2 Å². The fraction of sp³-hybridized carbons (Fsp3) is 0.429. The van der Waals surface area contributed by atoms with E-state index in [0.29, 0.717) is 6.54 Å². The Kier molecular flexibility index (Phi) is 3.74. The minimum atomic E-state index is -0.938. The van der Waals surface area contributed by atoms with E-state index < -0.39 is 5.97 Å². The van der Waals surface area contributed by atoms with Crippen molar-refractivity contribution >= 4 is 17.7 Å². The van der Waals surface area contributed by atoms with Gasteiger partial charge in [0, 0.05) is 18.3 Å². The van der Waals surface area contributed by atoms with Gasteiger partial charge in [0.05, 0.1) is 5.56 Å². The maximum atomic E-state index is 12.1. The quantitative estimate of drug-likeness (QED) is 0.858. The Morgan fingerprint density at radius 1 is 1.37 bits per heavy atom. The van der Waals surface area contributed by atoms with Crippen molar-refractivity contribution in [3.05, 3.63) is 29.3 Å². The third kappa shape index (κ3) is 2.86. The zero-order chi connectivity index (χ0) is 14.0. The molecule has 1 aromatic rings. The van der Waals surface area contributed by atoms with E-state index in [1.54, 1.807) is 23.1 Å². The second kappa shape index (κ2) is 5.30. The molecule has 19 heavy (non-hydrogen) atoms. The van der Waals surface area contributed by atoms with Crippen LogP contribution in [0.1, 0.15) is 36.2 Å². The van der Waals surface area contributed by atoms with E-state index in [1.807, 2.05) is 13.8 Å². The SMILES string of the molecule is CC(C)NC(=O)N1CCCc2cc(C(=O)O)ccc21. The molecule has 5 nitrogen and oxygen atoms in total. The summed E-state index contributed by atoms with van der Waals surface area (Å²) in [6, 6.07) is 4.88. The van der Waals surface area contributed by atoms with Crippen molar-refractivity contribution in [1.29, 1.82) is 0 Å². The second-order valence-corrected chi connectivity index (χ2v) is 5.01. The van der Waals surface area contributed by atoms with E-state index in [4.69, 9.17) is 5.11 Å². The Morgan fingerprint density at radius 3 is 2.74 bits per heavy atom. The number of aromatic carboxylic acids is 1. The van der Waals surface area contributed by atoms with Crippen LogP contribution in [-0.4, -0.2) is 29.7 Å². The van der Waals surface area contributed by atoms with Gasteiger partial charge in [-0.05, 0) is 50.5 Å². The standard InChI is InChI=1S/C14H18N2O3/c1-9(2)15-14(19)16-7-3-4-10-8-11(13(17)18)5-6-12(10)16/h5-6,8-9H,3-4,7H2,1-2H3,(H,15,19)(H,17,18). The average Bonchev–Trinajstić information content (AvgIpc) is 2.36. The van der Waals surface area contributed by atoms with Gasteiger partial charge in [-0.1, -0.05) is 0 Å². The summed E-state index contributed by atoms with van der Waals surface area (Å²) in [6.45, 7) is 4.49. The summed E-state index contributed by atoms with van der Waals surface area (Å²) in [7, 11) is 0. The number of aryl methyl sites for hydroxylation is 1. The summed E-state index contributed by atoms with van der Waals surface area (Å²) >= 11 is 0. The van der Waals surface area contributed by atoms with Gasteiger partial charge >= 0.3 is 12.0 Å². The Balaban J connectivity index is 2.29. The van der Waals surface area contributed by atoms with Crippen LogP contribution in [-0.2, 0) is 6.42 Å². The lowest BCUT2D eigenvalue weighted by molar-refractivity contribution is 0.0696. The van der Waals surface area contributed by atoms with Crippen LogP contribution < -0.4 is 10.2 Å². The lowest BCUT2D eigenvalue weighted by Crippen LogP contribution is -2.45. The van der Waals surface area contributed by atoms with Crippen LogP contribution >= 0.6 is 0 Å². The van der Waals surface area contributed by atoms with Gasteiger partial charge in [0.2, 0.25) is 0 Å². The molecule has 1 aliphatic rings. The minimum absolute atomic E-state index is 0.0798. The number of rotatable bonds is 2. The van der Waals surface area contributed by atoms with Crippen LogP contribution in [0.5, 0.6) is 0 Å². The van der Waals surface area contributed by atoms with Crippen LogP contribution in [0.3, 0.4) is 0 Å². The molecule has 2 rings (SSSR count). The second-order valence-electron chi connectivity index (χ2n) is 5.01. The van der Waals surface area contributed by atoms with E-state index in [2.05, 4.69) is 5.32 Å².